The SMILES string of the molecule is CC1(C)c2ccccc2-c2ccc(-n3c4ccccc4c4cc(-c5ccc6c(c5)c5ncccc5n6-c5cccc(-c6ccccc6)c5)ccc43)cc21. The molecule has 0 unspecified atom stereocenters. The van der Waals surface area contributed by atoms with Crippen LogP contribution < -0.4 is 0 Å². The van der Waals surface area contributed by atoms with Crippen molar-refractivity contribution in [2.24, 2.45) is 0 Å². The van der Waals surface area contributed by atoms with Gasteiger partial charge in [0.25, 0.3) is 0 Å². The topological polar surface area (TPSA) is 22.8 Å². The maximum absolute atomic E-state index is 4.92. The van der Waals surface area contributed by atoms with Crippen LogP contribution >= 0.6 is 0 Å². The van der Waals surface area contributed by atoms with E-state index in [2.05, 4.69) is 187 Å². The van der Waals surface area contributed by atoms with Gasteiger partial charge in [-0.3, -0.25) is 4.98 Å². The normalized spacial score (nSPS) is 13.2. The van der Waals surface area contributed by atoms with Gasteiger partial charge in [-0.05, 0) is 111 Å². The number of rotatable bonds is 4. The molecule has 3 heteroatoms. The lowest BCUT2D eigenvalue weighted by molar-refractivity contribution is 0.660. The number of pyridine rings is 1. The number of fused-ring (bicyclic) bond motifs is 9. The highest BCUT2D eigenvalue weighted by molar-refractivity contribution is 6.12. The molecule has 1 aliphatic rings. The highest BCUT2D eigenvalue weighted by Gasteiger charge is 2.35. The van der Waals surface area contributed by atoms with E-state index >= 15 is 0 Å². The van der Waals surface area contributed by atoms with Crippen LogP contribution in [0.2, 0.25) is 0 Å². The van der Waals surface area contributed by atoms with Gasteiger partial charge in [-0.15, -0.1) is 0 Å². The first-order valence-corrected chi connectivity index (χ1v) is 18.4. The largest absolute Gasteiger partial charge is 0.309 e. The highest BCUT2D eigenvalue weighted by Crippen LogP contribution is 2.49. The van der Waals surface area contributed by atoms with Gasteiger partial charge in [0.2, 0.25) is 0 Å². The lowest BCUT2D eigenvalue weighted by atomic mass is 9.82. The molecule has 0 atom stereocenters. The molecule has 3 nitrogen and oxygen atoms in total. The van der Waals surface area contributed by atoms with E-state index in [4.69, 9.17) is 4.98 Å². The minimum Gasteiger partial charge on any atom is -0.309 e. The van der Waals surface area contributed by atoms with Crippen LogP contribution in [0.4, 0.5) is 0 Å². The summed E-state index contributed by atoms with van der Waals surface area (Å²) in [7, 11) is 0. The fourth-order valence-corrected chi connectivity index (χ4v) is 9.01. The Kier molecular flexibility index (Phi) is 6.30. The second-order valence-electron chi connectivity index (χ2n) is 14.8. The van der Waals surface area contributed by atoms with Crippen LogP contribution in [0, 0.1) is 0 Å². The van der Waals surface area contributed by atoms with Crippen LogP contribution in [0.15, 0.2) is 176 Å². The Bertz CT molecular complexity index is 3090. The molecule has 53 heavy (non-hydrogen) atoms. The summed E-state index contributed by atoms with van der Waals surface area (Å²) in [6.07, 6.45) is 1.90. The van der Waals surface area contributed by atoms with E-state index in [1.165, 1.54) is 72.0 Å². The van der Waals surface area contributed by atoms with Crippen molar-refractivity contribution < 1.29 is 0 Å². The number of para-hydroxylation sites is 1. The molecule has 0 bridgehead atoms. The number of aromatic nitrogens is 3. The lowest BCUT2D eigenvalue weighted by Gasteiger charge is -2.22. The van der Waals surface area contributed by atoms with E-state index in [1.54, 1.807) is 0 Å². The molecule has 11 rings (SSSR count). The lowest BCUT2D eigenvalue weighted by Crippen LogP contribution is -2.15. The van der Waals surface area contributed by atoms with Crippen LogP contribution in [-0.2, 0) is 5.41 Å². The van der Waals surface area contributed by atoms with E-state index in [0.717, 1.165) is 27.6 Å². The van der Waals surface area contributed by atoms with Gasteiger partial charge in [-0.1, -0.05) is 117 Å². The first-order valence-electron chi connectivity index (χ1n) is 18.4. The number of hydrogen-bond acceptors (Lipinski definition) is 1. The van der Waals surface area contributed by atoms with Crippen LogP contribution in [0.1, 0.15) is 25.0 Å². The molecule has 10 aromatic rings. The summed E-state index contributed by atoms with van der Waals surface area (Å²) in [5.74, 6) is 0. The molecule has 0 saturated carbocycles. The molecular weight excluding hydrogens is 643 g/mol. The van der Waals surface area contributed by atoms with Gasteiger partial charge in [-0.25, -0.2) is 0 Å². The van der Waals surface area contributed by atoms with Gasteiger partial charge in [0.1, 0.15) is 0 Å². The van der Waals surface area contributed by atoms with Crippen LogP contribution in [0.25, 0.3) is 88.5 Å². The van der Waals surface area contributed by atoms with Gasteiger partial charge in [0.15, 0.2) is 0 Å². The molecule has 3 heterocycles. The predicted octanol–water partition coefficient (Wildman–Crippen LogP) is 12.9. The van der Waals surface area contributed by atoms with Crippen LogP contribution in [0.5, 0.6) is 0 Å². The predicted molar refractivity (Wildman–Crippen MR) is 221 cm³/mol. The first-order chi connectivity index (χ1) is 26.0. The number of nitrogens with zero attached hydrogens (tertiary/aromatic N) is 3. The van der Waals surface area contributed by atoms with Gasteiger partial charge in [-0.2, -0.15) is 0 Å². The molecule has 0 amide bonds. The van der Waals surface area contributed by atoms with Crippen molar-refractivity contribution >= 4 is 43.7 Å². The zero-order chi connectivity index (χ0) is 35.3. The average molecular weight is 678 g/mol. The third-order valence-electron chi connectivity index (χ3n) is 11.6. The van der Waals surface area contributed by atoms with Gasteiger partial charge in [0.05, 0.1) is 27.6 Å². The van der Waals surface area contributed by atoms with Gasteiger partial charge < -0.3 is 9.13 Å². The fraction of sp³-hybridized carbons (Fsp3) is 0.0600. The summed E-state index contributed by atoms with van der Waals surface area (Å²) < 4.78 is 4.79. The third-order valence-corrected chi connectivity index (χ3v) is 11.6. The Labute approximate surface area is 308 Å². The summed E-state index contributed by atoms with van der Waals surface area (Å²) in [5.41, 5.74) is 18.2. The van der Waals surface area contributed by atoms with Crippen molar-refractivity contribution in [2.45, 2.75) is 19.3 Å². The van der Waals surface area contributed by atoms with Crippen molar-refractivity contribution in [3.63, 3.8) is 0 Å². The Morgan fingerprint density at radius 3 is 1.89 bits per heavy atom. The summed E-state index contributed by atoms with van der Waals surface area (Å²) in [6.45, 7) is 4.70. The Hall–Kier alpha value is -6.71. The second-order valence-corrected chi connectivity index (χ2v) is 14.8. The van der Waals surface area contributed by atoms with E-state index in [0.29, 0.717) is 0 Å². The highest BCUT2D eigenvalue weighted by atomic mass is 15.0. The number of hydrogen-bond donors (Lipinski definition) is 0. The summed E-state index contributed by atoms with van der Waals surface area (Å²) in [4.78, 5) is 4.92. The average Bonchev–Trinajstić information content (AvgIpc) is 3.81. The molecule has 250 valence electrons. The van der Waals surface area contributed by atoms with Gasteiger partial charge >= 0.3 is 0 Å². The second kappa shape index (κ2) is 11.1. The van der Waals surface area contributed by atoms with E-state index < -0.39 is 0 Å². The summed E-state index contributed by atoms with van der Waals surface area (Å²) in [6, 6.07) is 62.1. The van der Waals surface area contributed by atoms with Gasteiger partial charge in [0, 0.05) is 39.1 Å². The van der Waals surface area contributed by atoms with E-state index in [9.17, 15) is 0 Å². The molecule has 0 fully saturated rings. The van der Waals surface area contributed by atoms with Crippen molar-refractivity contribution in [1.82, 2.24) is 14.1 Å². The van der Waals surface area contributed by atoms with Crippen molar-refractivity contribution in [2.75, 3.05) is 0 Å². The summed E-state index contributed by atoms with van der Waals surface area (Å²) in [5, 5.41) is 3.65. The standard InChI is InChI=1S/C50H35N3/c1-50(2)43-18-8-6-16-38(43)39-24-23-37(31-44(39)50)52-45-19-9-7-17-40(45)41-29-34(21-25-46(41)52)35-22-26-47-42(30-35)49-48(20-11-27-51-49)53(47)36-15-10-14-33(28-36)32-12-4-3-5-13-32/h3-31H,1-2H3. The quantitative estimate of drug-likeness (QED) is 0.182. The first kappa shape index (κ1) is 30.0. The minimum absolute atomic E-state index is 0.0603. The molecule has 7 aromatic carbocycles. The van der Waals surface area contributed by atoms with Crippen molar-refractivity contribution in [1.29, 1.82) is 0 Å². The summed E-state index contributed by atoms with van der Waals surface area (Å²) >= 11 is 0. The fourth-order valence-electron chi connectivity index (χ4n) is 9.01. The van der Waals surface area contributed by atoms with E-state index in [-0.39, 0.29) is 5.41 Å². The maximum Gasteiger partial charge on any atom is 0.0963 e. The minimum atomic E-state index is -0.0603. The molecule has 0 N–H and O–H groups in total. The Morgan fingerprint density at radius 2 is 1.02 bits per heavy atom. The molecule has 0 saturated heterocycles. The smallest absolute Gasteiger partial charge is 0.0963 e. The molecule has 1 aliphatic carbocycles. The zero-order valence-electron chi connectivity index (χ0n) is 29.6. The monoisotopic (exact) mass is 677 g/mol. The molecule has 0 spiro atoms. The number of benzene rings is 7. The van der Waals surface area contributed by atoms with E-state index in [1.807, 2.05) is 12.3 Å². The molecule has 0 radical (unpaired) electrons. The molecular formula is C50H35N3. The van der Waals surface area contributed by atoms with Crippen molar-refractivity contribution in [3.8, 4) is 44.8 Å². The maximum atomic E-state index is 4.92. The molecule has 0 aliphatic heterocycles. The van der Waals surface area contributed by atoms with Crippen LogP contribution in [0.3, 0.4) is 0 Å². The Balaban J connectivity index is 1.06. The third kappa shape index (κ3) is 4.37. The van der Waals surface area contributed by atoms with Crippen molar-refractivity contribution in [3.05, 3.63) is 187 Å². The molecule has 3 aromatic heterocycles. The Morgan fingerprint density at radius 1 is 0.396 bits per heavy atom. The zero-order valence-corrected chi connectivity index (χ0v) is 29.6. The van der Waals surface area contributed by atoms with Crippen LogP contribution in [-0.4, -0.2) is 14.1 Å².